The number of fused-ring (bicyclic) bond motifs is 1. The van der Waals surface area contributed by atoms with E-state index in [2.05, 4.69) is 0 Å². The number of likely N-dealkylation sites (tertiary alicyclic amines) is 1. The number of hydrogen-bond acceptors (Lipinski definition) is 5. The van der Waals surface area contributed by atoms with E-state index in [0.717, 1.165) is 6.42 Å². The molecule has 0 spiro atoms. The van der Waals surface area contributed by atoms with Gasteiger partial charge in [0.25, 0.3) is 0 Å². The molecule has 6 nitrogen and oxygen atoms in total. The third-order valence-electron chi connectivity index (χ3n) is 4.25. The first-order valence-corrected chi connectivity index (χ1v) is 7.09. The molecule has 0 aromatic rings. The van der Waals surface area contributed by atoms with Crippen LogP contribution in [0.25, 0.3) is 0 Å². The lowest BCUT2D eigenvalue weighted by atomic mass is 9.72. The van der Waals surface area contributed by atoms with Crippen LogP contribution in [0.2, 0.25) is 0 Å². The molecule has 1 aliphatic heterocycles. The second-order valence-corrected chi connectivity index (χ2v) is 5.43. The highest BCUT2D eigenvalue weighted by Crippen LogP contribution is 2.37. The van der Waals surface area contributed by atoms with Crippen LogP contribution in [0.1, 0.15) is 32.6 Å². The summed E-state index contributed by atoms with van der Waals surface area (Å²) in [5, 5.41) is 0. The molecular weight excluding hydrogens is 262 g/mol. The Morgan fingerprint density at radius 2 is 2.10 bits per heavy atom. The van der Waals surface area contributed by atoms with Crippen molar-refractivity contribution in [3.05, 3.63) is 0 Å². The van der Waals surface area contributed by atoms with Crippen molar-refractivity contribution >= 4 is 17.8 Å². The molecule has 2 rings (SSSR count). The van der Waals surface area contributed by atoms with Gasteiger partial charge < -0.3 is 9.47 Å². The Labute approximate surface area is 118 Å². The summed E-state index contributed by atoms with van der Waals surface area (Å²) in [6.07, 6.45) is 1.85. The fraction of sp³-hybridized carbons (Fsp3) is 0.786. The van der Waals surface area contributed by atoms with E-state index in [4.69, 9.17) is 9.47 Å². The molecule has 112 valence electrons. The van der Waals surface area contributed by atoms with Gasteiger partial charge in [-0.3, -0.25) is 9.69 Å². The summed E-state index contributed by atoms with van der Waals surface area (Å²) in [5.41, 5.74) is 0. The number of ketones is 1. The van der Waals surface area contributed by atoms with Gasteiger partial charge in [-0.1, -0.05) is 0 Å². The summed E-state index contributed by atoms with van der Waals surface area (Å²) in [4.78, 5) is 36.9. The first kappa shape index (κ1) is 14.8. The van der Waals surface area contributed by atoms with Crippen molar-refractivity contribution < 1.29 is 23.9 Å². The van der Waals surface area contributed by atoms with Crippen LogP contribution >= 0.6 is 0 Å². The van der Waals surface area contributed by atoms with Gasteiger partial charge in [0.15, 0.2) is 0 Å². The van der Waals surface area contributed by atoms with Gasteiger partial charge in [-0.2, -0.15) is 0 Å². The molecule has 1 saturated heterocycles. The summed E-state index contributed by atoms with van der Waals surface area (Å²) in [5.74, 6) is 0.291. The quantitative estimate of drug-likeness (QED) is 0.716. The summed E-state index contributed by atoms with van der Waals surface area (Å²) >= 11 is 0. The van der Waals surface area contributed by atoms with Gasteiger partial charge in [0.2, 0.25) is 0 Å². The number of carbonyl (C=O) groups is 3. The van der Waals surface area contributed by atoms with Gasteiger partial charge in [-0.05, 0) is 31.6 Å². The minimum atomic E-state index is -0.630. The van der Waals surface area contributed by atoms with Crippen LogP contribution in [0.3, 0.4) is 0 Å². The topological polar surface area (TPSA) is 72.9 Å². The number of hydrogen-bond donors (Lipinski definition) is 0. The van der Waals surface area contributed by atoms with Gasteiger partial charge in [0, 0.05) is 19.4 Å². The molecule has 0 unspecified atom stereocenters. The zero-order chi connectivity index (χ0) is 14.7. The number of piperidine rings is 1. The predicted molar refractivity (Wildman–Crippen MR) is 70.0 cm³/mol. The van der Waals surface area contributed by atoms with E-state index in [-0.39, 0.29) is 24.2 Å². The summed E-state index contributed by atoms with van der Waals surface area (Å²) in [6, 6.07) is -0.630. The minimum Gasteiger partial charge on any atom is -0.464 e. The highest BCUT2D eigenvalue weighted by atomic mass is 16.6. The molecular formula is C14H21NO5. The van der Waals surface area contributed by atoms with Crippen molar-refractivity contribution in [1.29, 1.82) is 0 Å². The van der Waals surface area contributed by atoms with E-state index >= 15 is 0 Å². The summed E-state index contributed by atoms with van der Waals surface area (Å²) < 4.78 is 9.80. The fourth-order valence-corrected chi connectivity index (χ4v) is 3.23. The first-order valence-electron chi connectivity index (χ1n) is 7.09. The lowest BCUT2D eigenvalue weighted by molar-refractivity contribution is -0.153. The molecule has 1 aliphatic carbocycles. The average molecular weight is 283 g/mol. The fourth-order valence-electron chi connectivity index (χ4n) is 3.23. The normalized spacial score (nSPS) is 29.6. The van der Waals surface area contributed by atoms with Crippen molar-refractivity contribution in [2.45, 2.75) is 38.6 Å². The molecule has 0 N–H and O–H groups in total. The van der Waals surface area contributed by atoms with E-state index in [1.807, 2.05) is 0 Å². The van der Waals surface area contributed by atoms with Crippen LogP contribution in [0.4, 0.5) is 4.79 Å². The van der Waals surface area contributed by atoms with Crippen LogP contribution < -0.4 is 0 Å². The third-order valence-corrected chi connectivity index (χ3v) is 4.25. The molecule has 0 bridgehead atoms. The summed E-state index contributed by atoms with van der Waals surface area (Å²) in [6.45, 7) is 2.47. The van der Waals surface area contributed by atoms with Crippen LogP contribution in [0.5, 0.6) is 0 Å². The lowest BCUT2D eigenvalue weighted by Gasteiger charge is -2.43. The number of esters is 1. The van der Waals surface area contributed by atoms with Gasteiger partial charge in [-0.15, -0.1) is 0 Å². The highest BCUT2D eigenvalue weighted by molar-refractivity contribution is 5.83. The van der Waals surface area contributed by atoms with Crippen molar-refractivity contribution in [2.24, 2.45) is 11.8 Å². The van der Waals surface area contributed by atoms with Crippen LogP contribution in [0.15, 0.2) is 0 Å². The first-order chi connectivity index (χ1) is 9.56. The van der Waals surface area contributed by atoms with E-state index in [9.17, 15) is 14.4 Å². The van der Waals surface area contributed by atoms with Gasteiger partial charge in [0.1, 0.15) is 11.8 Å². The minimum absolute atomic E-state index is 0.173. The Kier molecular flexibility index (Phi) is 4.62. The average Bonchev–Trinajstić information content (AvgIpc) is 2.45. The number of carbonyl (C=O) groups excluding carboxylic acids is 3. The zero-order valence-electron chi connectivity index (χ0n) is 12.0. The Morgan fingerprint density at radius 1 is 1.35 bits per heavy atom. The Hall–Kier alpha value is -1.59. The number of nitrogens with zero attached hydrogens (tertiary/aromatic N) is 1. The smallest absolute Gasteiger partial charge is 0.410 e. The molecule has 20 heavy (non-hydrogen) atoms. The Morgan fingerprint density at radius 3 is 2.75 bits per heavy atom. The number of Topliss-reactive ketones (excluding diaryl/α,β-unsaturated/α-hetero) is 1. The summed E-state index contributed by atoms with van der Waals surface area (Å²) in [7, 11) is 1.31. The molecule has 0 aromatic heterocycles. The standard InChI is InChI=1S/C14H21NO5/c1-3-20-13(17)12-7-10-6-11(16)5-4-9(10)8-15(12)14(18)19-2/h9-10,12H,3-8H2,1-2H3/t9-,10-,12+/m1/s1. The van der Waals surface area contributed by atoms with Gasteiger partial charge >= 0.3 is 12.1 Å². The molecule has 0 radical (unpaired) electrons. The van der Waals surface area contributed by atoms with Crippen LogP contribution in [-0.4, -0.2) is 49.0 Å². The number of ether oxygens (including phenoxy) is 2. The van der Waals surface area contributed by atoms with Crippen molar-refractivity contribution in [1.82, 2.24) is 4.90 Å². The van der Waals surface area contributed by atoms with E-state index in [1.165, 1.54) is 12.0 Å². The molecule has 1 amide bonds. The van der Waals surface area contributed by atoms with E-state index < -0.39 is 18.1 Å². The molecule has 0 aromatic carbocycles. The second-order valence-electron chi connectivity index (χ2n) is 5.43. The van der Waals surface area contributed by atoms with Crippen LogP contribution in [0, 0.1) is 11.8 Å². The maximum atomic E-state index is 12.0. The van der Waals surface area contributed by atoms with E-state index in [1.54, 1.807) is 6.92 Å². The number of amides is 1. The van der Waals surface area contributed by atoms with Gasteiger partial charge in [0.05, 0.1) is 13.7 Å². The SMILES string of the molecule is CCOC(=O)[C@@H]1C[C@H]2CC(=O)CC[C@@H]2CN1C(=O)OC. The maximum absolute atomic E-state index is 12.0. The monoisotopic (exact) mass is 283 g/mol. The molecule has 2 fully saturated rings. The van der Waals surface area contributed by atoms with Crippen molar-refractivity contribution in [3.63, 3.8) is 0 Å². The third kappa shape index (κ3) is 2.94. The maximum Gasteiger partial charge on any atom is 0.410 e. The Balaban J connectivity index is 2.15. The molecule has 2 aliphatic rings. The number of methoxy groups -OCH3 is 1. The highest BCUT2D eigenvalue weighted by Gasteiger charge is 2.44. The zero-order valence-corrected chi connectivity index (χ0v) is 12.0. The largest absolute Gasteiger partial charge is 0.464 e. The van der Waals surface area contributed by atoms with Crippen molar-refractivity contribution in [2.75, 3.05) is 20.3 Å². The second kappa shape index (κ2) is 6.24. The molecule has 1 heterocycles. The molecule has 6 heteroatoms. The Bertz CT molecular complexity index is 408. The van der Waals surface area contributed by atoms with Gasteiger partial charge in [-0.25, -0.2) is 9.59 Å². The van der Waals surface area contributed by atoms with Crippen molar-refractivity contribution in [3.8, 4) is 0 Å². The molecule has 3 atom stereocenters. The predicted octanol–water partition coefficient (Wildman–Crippen LogP) is 1.38. The molecule has 1 saturated carbocycles. The number of rotatable bonds is 2. The van der Waals surface area contributed by atoms with Crippen LogP contribution in [-0.2, 0) is 19.1 Å². The lowest BCUT2D eigenvalue weighted by Crippen LogP contribution is -2.55. The van der Waals surface area contributed by atoms with E-state index in [0.29, 0.717) is 25.8 Å².